The Morgan fingerprint density at radius 3 is 2.63 bits per heavy atom. The predicted molar refractivity (Wildman–Crippen MR) is 110 cm³/mol. The Morgan fingerprint density at radius 1 is 1.15 bits per heavy atom. The molecule has 0 aliphatic carbocycles. The van der Waals surface area contributed by atoms with Crippen molar-refractivity contribution in [3.63, 3.8) is 0 Å². The van der Waals surface area contributed by atoms with Gasteiger partial charge in [-0.2, -0.15) is 0 Å². The zero-order valence-corrected chi connectivity index (χ0v) is 17.1. The average Bonchev–Trinajstić information content (AvgIpc) is 2.70. The van der Waals surface area contributed by atoms with E-state index in [1.165, 1.54) is 11.1 Å². The van der Waals surface area contributed by atoms with Crippen LogP contribution in [-0.2, 0) is 19.6 Å². The zero-order chi connectivity index (χ0) is 19.4. The molecule has 1 saturated heterocycles. The van der Waals surface area contributed by atoms with E-state index < -0.39 is 0 Å². The molecule has 1 aromatic carbocycles. The number of aryl methyl sites for hydroxylation is 1. The molecular formula is C21H35N3O3. The number of methoxy groups -OCH3 is 1. The molecule has 0 saturated carbocycles. The van der Waals surface area contributed by atoms with Crippen LogP contribution in [0.4, 0.5) is 0 Å². The Bertz CT molecular complexity index is 572. The largest absolute Gasteiger partial charge is 0.382 e. The molecule has 2 rings (SSSR count). The molecule has 1 aliphatic rings. The lowest BCUT2D eigenvalue weighted by Crippen LogP contribution is -2.48. The third-order valence-corrected chi connectivity index (χ3v) is 5.17. The van der Waals surface area contributed by atoms with Crippen LogP contribution in [0.25, 0.3) is 0 Å². The molecule has 1 aliphatic heterocycles. The quantitative estimate of drug-likeness (QED) is 0.372. The van der Waals surface area contributed by atoms with Gasteiger partial charge in [-0.25, -0.2) is 0 Å². The van der Waals surface area contributed by atoms with E-state index in [9.17, 15) is 0 Å². The van der Waals surface area contributed by atoms with E-state index in [0.717, 1.165) is 58.1 Å². The molecule has 6 heteroatoms. The maximum absolute atomic E-state index is 5.64. The SMILES string of the molecule is CN=C(NCCCOCCOC)NCC1(c2ccccc2C)CCOCC1. The van der Waals surface area contributed by atoms with E-state index in [0.29, 0.717) is 13.2 Å². The van der Waals surface area contributed by atoms with Gasteiger partial charge in [0.1, 0.15) is 0 Å². The fraction of sp³-hybridized carbons (Fsp3) is 0.667. The summed E-state index contributed by atoms with van der Waals surface area (Å²) in [7, 11) is 3.50. The number of aliphatic imine (C=N–C) groups is 1. The summed E-state index contributed by atoms with van der Waals surface area (Å²) in [6.07, 6.45) is 2.98. The fourth-order valence-electron chi connectivity index (χ4n) is 3.57. The average molecular weight is 378 g/mol. The van der Waals surface area contributed by atoms with E-state index in [1.807, 2.05) is 7.05 Å². The van der Waals surface area contributed by atoms with Gasteiger partial charge in [0.2, 0.25) is 0 Å². The second-order valence-electron chi connectivity index (χ2n) is 7.02. The maximum Gasteiger partial charge on any atom is 0.191 e. The standard InChI is InChI=1S/C21H35N3O3/c1-18-7-4-5-8-19(18)21(9-13-27-14-10-21)17-24-20(22-2)23-11-6-12-26-16-15-25-3/h4-5,7-8H,6,9-17H2,1-3H3,(H2,22,23,24). The van der Waals surface area contributed by atoms with Crippen molar-refractivity contribution < 1.29 is 14.2 Å². The lowest BCUT2D eigenvalue weighted by molar-refractivity contribution is 0.0511. The minimum atomic E-state index is 0.0878. The van der Waals surface area contributed by atoms with Gasteiger partial charge in [0, 0.05) is 52.5 Å². The fourth-order valence-corrected chi connectivity index (χ4v) is 3.57. The van der Waals surface area contributed by atoms with Gasteiger partial charge in [0.15, 0.2) is 5.96 Å². The van der Waals surface area contributed by atoms with E-state index >= 15 is 0 Å². The van der Waals surface area contributed by atoms with Gasteiger partial charge in [0.25, 0.3) is 0 Å². The van der Waals surface area contributed by atoms with Crippen LogP contribution in [0, 0.1) is 6.92 Å². The molecular weight excluding hydrogens is 342 g/mol. The molecule has 27 heavy (non-hydrogen) atoms. The Morgan fingerprint density at radius 2 is 1.93 bits per heavy atom. The summed E-state index contributed by atoms with van der Waals surface area (Å²) in [5, 5.41) is 6.92. The molecule has 2 N–H and O–H groups in total. The van der Waals surface area contributed by atoms with Crippen LogP contribution >= 0.6 is 0 Å². The van der Waals surface area contributed by atoms with Crippen LogP contribution in [0.15, 0.2) is 29.3 Å². The monoisotopic (exact) mass is 377 g/mol. The number of rotatable bonds is 10. The summed E-state index contributed by atoms with van der Waals surface area (Å²) in [6, 6.07) is 8.70. The molecule has 6 nitrogen and oxygen atoms in total. The van der Waals surface area contributed by atoms with E-state index in [4.69, 9.17) is 14.2 Å². The van der Waals surface area contributed by atoms with Crippen molar-refractivity contribution in [2.45, 2.75) is 31.6 Å². The molecule has 152 valence electrons. The third kappa shape index (κ3) is 6.79. The van der Waals surface area contributed by atoms with Crippen molar-refractivity contribution in [3.8, 4) is 0 Å². The topological polar surface area (TPSA) is 64.1 Å². The number of hydrogen-bond acceptors (Lipinski definition) is 4. The minimum absolute atomic E-state index is 0.0878. The summed E-state index contributed by atoms with van der Waals surface area (Å²) in [5.41, 5.74) is 2.85. The smallest absolute Gasteiger partial charge is 0.191 e. The van der Waals surface area contributed by atoms with Crippen molar-refractivity contribution in [2.75, 3.05) is 60.3 Å². The van der Waals surface area contributed by atoms with Crippen LogP contribution in [0.1, 0.15) is 30.4 Å². The summed E-state index contributed by atoms with van der Waals surface area (Å²) < 4.78 is 16.1. The second kappa shape index (κ2) is 12.0. The van der Waals surface area contributed by atoms with Crippen LogP contribution in [0.3, 0.4) is 0 Å². The zero-order valence-electron chi connectivity index (χ0n) is 17.1. The number of ether oxygens (including phenoxy) is 3. The lowest BCUT2D eigenvalue weighted by Gasteiger charge is -2.39. The summed E-state index contributed by atoms with van der Waals surface area (Å²) in [5.74, 6) is 0.839. The van der Waals surface area contributed by atoms with Crippen molar-refractivity contribution in [1.29, 1.82) is 0 Å². The van der Waals surface area contributed by atoms with Gasteiger partial charge in [-0.1, -0.05) is 24.3 Å². The van der Waals surface area contributed by atoms with Crippen LogP contribution in [0.2, 0.25) is 0 Å². The second-order valence-corrected chi connectivity index (χ2v) is 7.02. The van der Waals surface area contributed by atoms with Crippen molar-refractivity contribution in [2.24, 2.45) is 4.99 Å². The molecule has 0 radical (unpaired) electrons. The van der Waals surface area contributed by atoms with E-state index in [-0.39, 0.29) is 5.41 Å². The van der Waals surface area contributed by atoms with Crippen molar-refractivity contribution in [3.05, 3.63) is 35.4 Å². The van der Waals surface area contributed by atoms with E-state index in [1.54, 1.807) is 7.11 Å². The molecule has 0 spiro atoms. The molecule has 1 heterocycles. The van der Waals surface area contributed by atoms with Gasteiger partial charge in [-0.15, -0.1) is 0 Å². The molecule has 1 aromatic rings. The highest BCUT2D eigenvalue weighted by Crippen LogP contribution is 2.36. The molecule has 0 unspecified atom stereocenters. The lowest BCUT2D eigenvalue weighted by atomic mass is 9.72. The third-order valence-electron chi connectivity index (χ3n) is 5.17. The molecule has 0 aromatic heterocycles. The van der Waals surface area contributed by atoms with Gasteiger partial charge < -0.3 is 24.8 Å². The number of nitrogens with zero attached hydrogens (tertiary/aromatic N) is 1. The summed E-state index contributed by atoms with van der Waals surface area (Å²) in [6.45, 7) is 7.49. The van der Waals surface area contributed by atoms with Crippen molar-refractivity contribution in [1.82, 2.24) is 10.6 Å². The molecule has 0 amide bonds. The van der Waals surface area contributed by atoms with Crippen LogP contribution in [-0.4, -0.2) is 66.2 Å². The number of hydrogen-bond donors (Lipinski definition) is 2. The number of nitrogens with one attached hydrogen (secondary N) is 2. The Balaban J connectivity index is 1.85. The van der Waals surface area contributed by atoms with Gasteiger partial charge in [-0.3, -0.25) is 4.99 Å². The first-order chi connectivity index (χ1) is 13.2. The first-order valence-corrected chi connectivity index (χ1v) is 9.87. The van der Waals surface area contributed by atoms with Crippen LogP contribution in [0.5, 0.6) is 0 Å². The minimum Gasteiger partial charge on any atom is -0.382 e. The first kappa shape index (κ1) is 21.7. The highest BCUT2D eigenvalue weighted by atomic mass is 16.5. The van der Waals surface area contributed by atoms with Gasteiger partial charge in [-0.05, 0) is 37.3 Å². The summed E-state index contributed by atoms with van der Waals surface area (Å²) >= 11 is 0. The van der Waals surface area contributed by atoms with Gasteiger partial charge in [0.05, 0.1) is 13.2 Å². The molecule has 1 fully saturated rings. The molecule has 0 bridgehead atoms. The van der Waals surface area contributed by atoms with Crippen LogP contribution < -0.4 is 10.6 Å². The highest BCUT2D eigenvalue weighted by Gasteiger charge is 2.35. The first-order valence-electron chi connectivity index (χ1n) is 9.87. The van der Waals surface area contributed by atoms with E-state index in [2.05, 4.69) is 46.8 Å². The van der Waals surface area contributed by atoms with Gasteiger partial charge >= 0.3 is 0 Å². The molecule has 0 atom stereocenters. The Hall–Kier alpha value is -1.63. The Kier molecular flexibility index (Phi) is 9.59. The maximum atomic E-state index is 5.64. The predicted octanol–water partition coefficient (Wildman–Crippen LogP) is 2.26. The summed E-state index contributed by atoms with van der Waals surface area (Å²) in [4.78, 5) is 4.37. The number of benzene rings is 1. The highest BCUT2D eigenvalue weighted by molar-refractivity contribution is 5.79. The van der Waals surface area contributed by atoms with Crippen molar-refractivity contribution >= 4 is 5.96 Å². The normalized spacial score (nSPS) is 16.9. The Labute approximate surface area is 163 Å². The number of guanidine groups is 1.